The van der Waals surface area contributed by atoms with Gasteiger partial charge in [-0.15, -0.1) is 11.3 Å². The Labute approximate surface area is 142 Å². The Morgan fingerprint density at radius 1 is 1.39 bits per heavy atom. The average Bonchev–Trinajstić information content (AvgIpc) is 2.89. The van der Waals surface area contributed by atoms with Crippen LogP contribution in [0.4, 0.5) is 4.79 Å². The normalized spacial score (nSPS) is 12.9. The fraction of sp³-hybridized carbons (Fsp3) is 0.412. The number of aromatic nitrogens is 1. The lowest BCUT2D eigenvalue weighted by Crippen LogP contribution is -2.41. The van der Waals surface area contributed by atoms with Crippen LogP contribution in [0.15, 0.2) is 23.7 Å². The second-order valence-electron chi connectivity index (χ2n) is 6.65. The van der Waals surface area contributed by atoms with Crippen LogP contribution >= 0.6 is 11.3 Å². The van der Waals surface area contributed by atoms with Crippen molar-refractivity contribution in [2.45, 2.75) is 46.0 Å². The van der Waals surface area contributed by atoms with E-state index in [1.807, 2.05) is 19.4 Å². The van der Waals surface area contributed by atoms with Crippen molar-refractivity contribution in [2.75, 3.05) is 0 Å². The standard InChI is InChI=1S/C17H24N2O2SSi/c1-6-14(21-17(18)20)13-8-7-12(9-15(13)23(3,4)5)16-11(2)19-10-22-16/h7-10,14H,6H2,1-5H3,(H2,18,20). The molecule has 2 aromatic rings. The van der Waals surface area contributed by atoms with Gasteiger partial charge in [-0.2, -0.15) is 0 Å². The van der Waals surface area contributed by atoms with Gasteiger partial charge in [0, 0.05) is 0 Å². The molecule has 2 N–H and O–H groups in total. The number of amides is 1. The molecule has 0 spiro atoms. The molecule has 0 fully saturated rings. The minimum atomic E-state index is -1.62. The van der Waals surface area contributed by atoms with Crippen molar-refractivity contribution < 1.29 is 9.53 Å². The highest BCUT2D eigenvalue weighted by Gasteiger charge is 2.26. The molecule has 0 bridgehead atoms. The largest absolute Gasteiger partial charge is 0.442 e. The van der Waals surface area contributed by atoms with Gasteiger partial charge in [-0.1, -0.05) is 50.0 Å². The van der Waals surface area contributed by atoms with Crippen LogP contribution in [0.1, 0.15) is 30.7 Å². The van der Waals surface area contributed by atoms with Crippen LogP contribution in [0.25, 0.3) is 10.4 Å². The molecule has 1 atom stereocenters. The highest BCUT2D eigenvalue weighted by molar-refractivity contribution is 7.13. The van der Waals surface area contributed by atoms with Crippen LogP contribution in [0, 0.1) is 6.92 Å². The zero-order valence-electron chi connectivity index (χ0n) is 14.3. The van der Waals surface area contributed by atoms with E-state index in [1.165, 1.54) is 15.6 Å². The van der Waals surface area contributed by atoms with Gasteiger partial charge >= 0.3 is 6.09 Å². The van der Waals surface area contributed by atoms with Crippen molar-refractivity contribution in [3.05, 3.63) is 35.0 Å². The minimum absolute atomic E-state index is 0.286. The molecule has 23 heavy (non-hydrogen) atoms. The molecular weight excluding hydrogens is 324 g/mol. The number of aryl methyl sites for hydroxylation is 1. The number of hydrogen-bond acceptors (Lipinski definition) is 4. The topological polar surface area (TPSA) is 65.2 Å². The second-order valence-corrected chi connectivity index (χ2v) is 12.5. The summed E-state index contributed by atoms with van der Waals surface area (Å²) in [5, 5.41) is 1.30. The second kappa shape index (κ2) is 6.84. The molecule has 0 radical (unpaired) electrons. The zero-order chi connectivity index (χ0) is 17.2. The number of thiazole rings is 1. The summed E-state index contributed by atoms with van der Waals surface area (Å²) in [6.45, 7) is 10.9. The van der Waals surface area contributed by atoms with E-state index in [2.05, 4.69) is 42.8 Å². The molecule has 6 heteroatoms. The maximum Gasteiger partial charge on any atom is 0.405 e. The van der Waals surface area contributed by atoms with Crippen molar-refractivity contribution in [3.8, 4) is 10.4 Å². The van der Waals surface area contributed by atoms with E-state index < -0.39 is 14.2 Å². The summed E-state index contributed by atoms with van der Waals surface area (Å²) >= 11 is 1.65. The van der Waals surface area contributed by atoms with E-state index in [9.17, 15) is 4.79 Å². The first-order chi connectivity index (χ1) is 10.7. The number of primary amides is 1. The van der Waals surface area contributed by atoms with Crippen molar-refractivity contribution in [1.29, 1.82) is 0 Å². The molecule has 0 aliphatic carbocycles. The summed E-state index contributed by atoms with van der Waals surface area (Å²) in [7, 11) is -1.62. The number of carbonyl (C=O) groups is 1. The van der Waals surface area contributed by atoms with Crippen LogP contribution in [0.5, 0.6) is 0 Å². The Balaban J connectivity index is 2.56. The number of hydrogen-bond donors (Lipinski definition) is 1. The van der Waals surface area contributed by atoms with E-state index in [4.69, 9.17) is 10.5 Å². The van der Waals surface area contributed by atoms with Crippen molar-refractivity contribution in [3.63, 3.8) is 0 Å². The maximum absolute atomic E-state index is 11.2. The number of nitrogens with two attached hydrogens (primary N) is 1. The number of nitrogens with zero attached hydrogens (tertiary/aromatic N) is 1. The maximum atomic E-state index is 11.2. The molecule has 1 amide bonds. The molecular formula is C17H24N2O2SSi. The van der Waals surface area contributed by atoms with E-state index in [1.54, 1.807) is 11.3 Å². The van der Waals surface area contributed by atoms with Gasteiger partial charge in [-0.25, -0.2) is 9.78 Å². The first-order valence-corrected chi connectivity index (χ1v) is 12.1. The quantitative estimate of drug-likeness (QED) is 0.823. The third kappa shape index (κ3) is 4.00. The van der Waals surface area contributed by atoms with E-state index in [0.29, 0.717) is 6.42 Å². The van der Waals surface area contributed by atoms with E-state index >= 15 is 0 Å². The summed E-state index contributed by atoms with van der Waals surface area (Å²) < 4.78 is 5.33. The first kappa shape index (κ1) is 17.7. The smallest absolute Gasteiger partial charge is 0.405 e. The zero-order valence-corrected chi connectivity index (χ0v) is 16.2. The number of ether oxygens (including phenoxy) is 1. The molecule has 0 aliphatic rings. The van der Waals surface area contributed by atoms with Crippen LogP contribution in [0.2, 0.25) is 19.6 Å². The monoisotopic (exact) mass is 348 g/mol. The summed E-state index contributed by atoms with van der Waals surface area (Å²) in [4.78, 5) is 16.7. The highest BCUT2D eigenvalue weighted by atomic mass is 32.1. The summed E-state index contributed by atoms with van der Waals surface area (Å²) in [5.74, 6) is 0. The van der Waals surface area contributed by atoms with Gasteiger partial charge in [0.15, 0.2) is 0 Å². The Bertz CT molecular complexity index is 707. The molecule has 0 saturated heterocycles. The van der Waals surface area contributed by atoms with Gasteiger partial charge in [0.1, 0.15) is 6.10 Å². The summed E-state index contributed by atoms with van der Waals surface area (Å²) in [6.07, 6.45) is -0.300. The van der Waals surface area contributed by atoms with Gasteiger partial charge < -0.3 is 10.5 Å². The number of carbonyl (C=O) groups excluding carboxylic acids is 1. The van der Waals surface area contributed by atoms with Gasteiger partial charge in [0.25, 0.3) is 0 Å². The minimum Gasteiger partial charge on any atom is -0.442 e. The van der Waals surface area contributed by atoms with Gasteiger partial charge in [0.2, 0.25) is 0 Å². The van der Waals surface area contributed by atoms with Crippen LogP contribution in [0.3, 0.4) is 0 Å². The molecule has 1 aromatic heterocycles. The Kier molecular flexibility index (Phi) is 5.26. The molecule has 124 valence electrons. The lowest BCUT2D eigenvalue weighted by atomic mass is 10.0. The van der Waals surface area contributed by atoms with Crippen LogP contribution in [-0.4, -0.2) is 19.2 Å². The number of benzene rings is 1. The molecule has 4 nitrogen and oxygen atoms in total. The Hall–Kier alpha value is -1.66. The Morgan fingerprint density at radius 3 is 2.57 bits per heavy atom. The molecule has 1 aromatic carbocycles. The molecule has 0 aliphatic heterocycles. The SMILES string of the molecule is CCC(OC(N)=O)c1ccc(-c2scnc2C)cc1[Si](C)(C)C. The van der Waals surface area contributed by atoms with E-state index in [-0.39, 0.29) is 6.10 Å². The van der Waals surface area contributed by atoms with Gasteiger partial charge in [-0.05, 0) is 24.5 Å². The predicted molar refractivity (Wildman–Crippen MR) is 99.0 cm³/mol. The van der Waals surface area contributed by atoms with Gasteiger partial charge in [-0.3, -0.25) is 0 Å². The van der Waals surface area contributed by atoms with Crippen LogP contribution < -0.4 is 10.9 Å². The molecule has 0 saturated carbocycles. The lowest BCUT2D eigenvalue weighted by molar-refractivity contribution is 0.105. The highest BCUT2D eigenvalue weighted by Crippen LogP contribution is 2.30. The first-order valence-electron chi connectivity index (χ1n) is 7.75. The van der Waals surface area contributed by atoms with Gasteiger partial charge in [0.05, 0.1) is 24.2 Å². The third-order valence-electron chi connectivity index (χ3n) is 3.85. The molecule has 1 unspecified atom stereocenters. The fourth-order valence-corrected chi connectivity index (χ4v) is 5.22. The summed E-state index contributed by atoms with van der Waals surface area (Å²) in [5.41, 5.74) is 10.4. The van der Waals surface area contributed by atoms with Crippen LogP contribution in [-0.2, 0) is 4.74 Å². The molecule has 1 heterocycles. The number of rotatable bonds is 5. The summed E-state index contributed by atoms with van der Waals surface area (Å²) in [6, 6.07) is 6.42. The molecule has 2 rings (SSSR count). The van der Waals surface area contributed by atoms with E-state index in [0.717, 1.165) is 11.3 Å². The third-order valence-corrected chi connectivity index (χ3v) is 6.87. The average molecular weight is 349 g/mol. The van der Waals surface area contributed by atoms with Crippen molar-refractivity contribution in [1.82, 2.24) is 4.98 Å². The lowest BCUT2D eigenvalue weighted by Gasteiger charge is -2.26. The Morgan fingerprint density at radius 2 is 2.09 bits per heavy atom. The van der Waals surface area contributed by atoms with Crippen molar-refractivity contribution in [2.24, 2.45) is 5.73 Å². The predicted octanol–water partition coefficient (Wildman–Crippen LogP) is 4.21. The fourth-order valence-electron chi connectivity index (χ4n) is 2.71. The van der Waals surface area contributed by atoms with Crippen molar-refractivity contribution >= 4 is 30.7 Å².